The van der Waals surface area contributed by atoms with Gasteiger partial charge in [0.05, 0.1) is 6.61 Å². The van der Waals surface area contributed by atoms with E-state index in [1.807, 2.05) is 51.1 Å². The number of rotatable bonds is 7. The molecular weight excluding hydrogens is 290 g/mol. The number of amides is 1. The first-order valence-electron chi connectivity index (χ1n) is 7.89. The van der Waals surface area contributed by atoms with Gasteiger partial charge in [-0.05, 0) is 56.7 Å². The van der Waals surface area contributed by atoms with Crippen molar-refractivity contribution in [1.82, 2.24) is 10.3 Å². The quantitative estimate of drug-likeness (QED) is 0.817. The van der Waals surface area contributed by atoms with Gasteiger partial charge in [0, 0.05) is 23.6 Å². The van der Waals surface area contributed by atoms with Crippen molar-refractivity contribution in [3.63, 3.8) is 0 Å². The third-order valence-electron chi connectivity index (χ3n) is 3.44. The van der Waals surface area contributed by atoms with E-state index in [0.29, 0.717) is 12.3 Å². The minimum Gasteiger partial charge on any atom is -0.494 e. The van der Waals surface area contributed by atoms with Crippen LogP contribution in [0.4, 0.5) is 11.4 Å². The van der Waals surface area contributed by atoms with Gasteiger partial charge >= 0.3 is 0 Å². The number of nitrogens with one attached hydrogen (secondary N) is 2. The van der Waals surface area contributed by atoms with Gasteiger partial charge in [0.25, 0.3) is 5.91 Å². The molecule has 0 spiro atoms. The number of pyridine rings is 1. The lowest BCUT2D eigenvalue weighted by Gasteiger charge is -2.12. The van der Waals surface area contributed by atoms with Crippen LogP contribution in [0.3, 0.4) is 0 Å². The number of benzene rings is 1. The van der Waals surface area contributed by atoms with Gasteiger partial charge in [0.15, 0.2) is 0 Å². The van der Waals surface area contributed by atoms with Crippen LogP contribution in [0, 0.1) is 0 Å². The Morgan fingerprint density at radius 2 is 1.91 bits per heavy atom. The van der Waals surface area contributed by atoms with Crippen molar-refractivity contribution in [1.29, 1.82) is 0 Å². The molecule has 0 aliphatic rings. The number of anilines is 2. The first-order chi connectivity index (χ1) is 11.1. The van der Waals surface area contributed by atoms with Crippen molar-refractivity contribution in [3.8, 4) is 5.75 Å². The molecule has 0 aliphatic heterocycles. The summed E-state index contributed by atoms with van der Waals surface area (Å²) in [5.74, 6) is 0.677. The zero-order valence-electron chi connectivity index (χ0n) is 13.8. The molecular formula is C18H23N3O2. The Morgan fingerprint density at radius 3 is 2.57 bits per heavy atom. The van der Waals surface area contributed by atoms with E-state index >= 15 is 0 Å². The fourth-order valence-corrected chi connectivity index (χ4v) is 2.00. The Hall–Kier alpha value is -2.56. The highest BCUT2D eigenvalue weighted by Gasteiger charge is 2.10. The average Bonchev–Trinajstić information content (AvgIpc) is 2.57. The third-order valence-corrected chi connectivity index (χ3v) is 3.44. The molecule has 1 atom stereocenters. The lowest BCUT2D eigenvalue weighted by Crippen LogP contribution is -2.32. The minimum absolute atomic E-state index is 0.132. The molecule has 0 bridgehead atoms. The molecule has 2 N–H and O–H groups in total. The van der Waals surface area contributed by atoms with Gasteiger partial charge in [-0.15, -0.1) is 0 Å². The number of aromatic nitrogens is 1. The van der Waals surface area contributed by atoms with Crippen LogP contribution in [0.15, 0.2) is 42.6 Å². The first-order valence-corrected chi connectivity index (χ1v) is 7.89. The highest BCUT2D eigenvalue weighted by molar-refractivity contribution is 5.93. The number of carbonyl (C=O) groups is 1. The van der Waals surface area contributed by atoms with E-state index in [1.54, 1.807) is 12.3 Å². The van der Waals surface area contributed by atoms with Crippen molar-refractivity contribution in [2.24, 2.45) is 0 Å². The van der Waals surface area contributed by atoms with Gasteiger partial charge in [0.1, 0.15) is 11.4 Å². The fourth-order valence-electron chi connectivity index (χ4n) is 2.00. The molecule has 5 heteroatoms. The van der Waals surface area contributed by atoms with Crippen LogP contribution in [-0.4, -0.2) is 23.5 Å². The summed E-state index contributed by atoms with van der Waals surface area (Å²) >= 11 is 0. The number of ether oxygens (including phenoxy) is 1. The van der Waals surface area contributed by atoms with Gasteiger partial charge in [-0.25, -0.2) is 0 Å². The molecule has 122 valence electrons. The summed E-state index contributed by atoms with van der Waals surface area (Å²) in [6.45, 7) is 6.60. The van der Waals surface area contributed by atoms with Crippen molar-refractivity contribution < 1.29 is 9.53 Å². The van der Waals surface area contributed by atoms with Crippen molar-refractivity contribution in [3.05, 3.63) is 48.3 Å². The van der Waals surface area contributed by atoms with E-state index < -0.39 is 0 Å². The molecule has 1 heterocycles. The molecule has 0 aliphatic carbocycles. The predicted octanol–water partition coefficient (Wildman–Crippen LogP) is 3.75. The van der Waals surface area contributed by atoms with Gasteiger partial charge in [-0.3, -0.25) is 9.78 Å². The van der Waals surface area contributed by atoms with Gasteiger partial charge < -0.3 is 15.4 Å². The second-order valence-corrected chi connectivity index (χ2v) is 5.29. The molecule has 0 fully saturated rings. The third kappa shape index (κ3) is 4.98. The van der Waals surface area contributed by atoms with Crippen molar-refractivity contribution in [2.45, 2.75) is 33.2 Å². The van der Waals surface area contributed by atoms with Crippen LogP contribution < -0.4 is 15.4 Å². The summed E-state index contributed by atoms with van der Waals surface area (Å²) in [5, 5.41) is 6.17. The maximum atomic E-state index is 12.1. The highest BCUT2D eigenvalue weighted by atomic mass is 16.5. The van der Waals surface area contributed by atoms with Crippen LogP contribution in [0.5, 0.6) is 5.75 Å². The molecule has 1 amide bonds. The van der Waals surface area contributed by atoms with E-state index in [-0.39, 0.29) is 11.9 Å². The average molecular weight is 313 g/mol. The molecule has 1 aromatic carbocycles. The van der Waals surface area contributed by atoms with Gasteiger partial charge in [-0.2, -0.15) is 0 Å². The summed E-state index contributed by atoms with van der Waals surface area (Å²) in [5.41, 5.74) is 2.15. The first kappa shape index (κ1) is 16.8. The van der Waals surface area contributed by atoms with E-state index in [9.17, 15) is 4.79 Å². The topological polar surface area (TPSA) is 63.2 Å². The van der Waals surface area contributed by atoms with E-state index in [0.717, 1.165) is 23.5 Å². The fraction of sp³-hybridized carbons (Fsp3) is 0.333. The Morgan fingerprint density at radius 1 is 1.17 bits per heavy atom. The maximum Gasteiger partial charge on any atom is 0.270 e. The molecule has 23 heavy (non-hydrogen) atoms. The molecule has 0 saturated heterocycles. The summed E-state index contributed by atoms with van der Waals surface area (Å²) in [6.07, 6.45) is 2.51. The number of nitrogens with zero attached hydrogens (tertiary/aromatic N) is 1. The zero-order chi connectivity index (χ0) is 16.7. The Kier molecular flexibility index (Phi) is 5.97. The number of hydrogen-bond donors (Lipinski definition) is 2. The normalized spacial score (nSPS) is 11.6. The van der Waals surface area contributed by atoms with E-state index in [1.165, 1.54) is 0 Å². The van der Waals surface area contributed by atoms with Crippen LogP contribution in [0.2, 0.25) is 0 Å². The Balaban J connectivity index is 2.06. The summed E-state index contributed by atoms with van der Waals surface area (Å²) in [6, 6.07) is 11.4. The highest BCUT2D eigenvalue weighted by Crippen LogP contribution is 2.20. The SMILES string of the molecule is CCOc1ccc(Nc2ccnc(C(=O)NC(C)CC)c2)cc1. The van der Waals surface area contributed by atoms with E-state index in [4.69, 9.17) is 4.74 Å². The zero-order valence-corrected chi connectivity index (χ0v) is 13.8. The Bertz CT molecular complexity index is 641. The summed E-state index contributed by atoms with van der Waals surface area (Å²) in [4.78, 5) is 16.3. The molecule has 0 radical (unpaired) electrons. The second kappa shape index (κ2) is 8.17. The predicted molar refractivity (Wildman–Crippen MR) is 92.3 cm³/mol. The van der Waals surface area contributed by atoms with Crippen LogP contribution >= 0.6 is 0 Å². The largest absolute Gasteiger partial charge is 0.494 e. The van der Waals surface area contributed by atoms with Crippen LogP contribution in [0.25, 0.3) is 0 Å². The number of carbonyl (C=O) groups excluding carboxylic acids is 1. The second-order valence-electron chi connectivity index (χ2n) is 5.29. The Labute approximate surface area is 137 Å². The smallest absolute Gasteiger partial charge is 0.270 e. The molecule has 1 unspecified atom stereocenters. The van der Waals surface area contributed by atoms with Crippen molar-refractivity contribution in [2.75, 3.05) is 11.9 Å². The molecule has 2 aromatic rings. The molecule has 1 aromatic heterocycles. The molecule has 2 rings (SSSR count). The lowest BCUT2D eigenvalue weighted by atomic mass is 10.2. The monoisotopic (exact) mass is 313 g/mol. The molecule has 5 nitrogen and oxygen atoms in total. The summed E-state index contributed by atoms with van der Waals surface area (Å²) in [7, 11) is 0. The summed E-state index contributed by atoms with van der Waals surface area (Å²) < 4.78 is 5.42. The minimum atomic E-state index is -0.158. The van der Waals surface area contributed by atoms with Crippen LogP contribution in [-0.2, 0) is 0 Å². The van der Waals surface area contributed by atoms with Gasteiger partial charge in [0.2, 0.25) is 0 Å². The molecule has 0 saturated carbocycles. The maximum absolute atomic E-state index is 12.1. The lowest BCUT2D eigenvalue weighted by molar-refractivity contribution is 0.0934. The standard InChI is InChI=1S/C18H23N3O2/c1-4-13(3)20-18(22)17-12-15(10-11-19-17)21-14-6-8-16(9-7-14)23-5-2/h6-13H,4-5H2,1-3H3,(H,19,21)(H,20,22). The van der Waals surface area contributed by atoms with E-state index in [2.05, 4.69) is 15.6 Å². The number of hydrogen-bond acceptors (Lipinski definition) is 4. The van der Waals surface area contributed by atoms with Crippen molar-refractivity contribution >= 4 is 17.3 Å². The van der Waals surface area contributed by atoms with Crippen LogP contribution in [0.1, 0.15) is 37.7 Å². The van der Waals surface area contributed by atoms with Gasteiger partial charge in [-0.1, -0.05) is 6.92 Å².